The molecule has 1 amide bonds. The molecule has 2 saturated heterocycles. The summed E-state index contributed by atoms with van der Waals surface area (Å²) < 4.78 is 27.0. The molecule has 2 aliphatic heterocycles. The summed E-state index contributed by atoms with van der Waals surface area (Å²) >= 11 is 0. The molecule has 12 heteroatoms. The second-order valence-corrected chi connectivity index (χ2v) is 22.2. The minimum atomic E-state index is -2.44. The quantitative estimate of drug-likeness (QED) is 0.410. The average molecular weight is 528 g/mol. The summed E-state index contributed by atoms with van der Waals surface area (Å²) in [7, 11) is -4.61. The Morgan fingerprint density at radius 2 is 1.69 bits per heavy atom. The van der Waals surface area contributed by atoms with Gasteiger partial charge in [0.1, 0.15) is 12.2 Å². The van der Waals surface area contributed by atoms with E-state index >= 15 is 0 Å². The number of aromatic nitrogens is 2. The van der Waals surface area contributed by atoms with Gasteiger partial charge in [-0.2, -0.15) is 0 Å². The summed E-state index contributed by atoms with van der Waals surface area (Å²) in [4.78, 5) is 39.1. The number of H-pyrrole nitrogens is 1. The molecule has 0 saturated carbocycles. The molecule has 2 aliphatic rings. The van der Waals surface area contributed by atoms with Gasteiger partial charge in [-0.15, -0.1) is 0 Å². The highest BCUT2D eigenvalue weighted by Crippen LogP contribution is 2.56. The first kappa shape index (κ1) is 28.0. The van der Waals surface area contributed by atoms with Crippen LogP contribution in [0.1, 0.15) is 47.8 Å². The molecule has 1 spiro atoms. The van der Waals surface area contributed by atoms with E-state index in [2.05, 4.69) is 72.7 Å². The molecule has 3 heterocycles. The second kappa shape index (κ2) is 8.77. The number of carbonyl (C=O) groups is 1. The van der Waals surface area contributed by atoms with E-state index in [1.807, 2.05) is 0 Å². The van der Waals surface area contributed by atoms with Crippen LogP contribution in [0.3, 0.4) is 0 Å². The maximum atomic E-state index is 12.8. The van der Waals surface area contributed by atoms with Crippen LogP contribution in [0.2, 0.25) is 36.3 Å². The van der Waals surface area contributed by atoms with Crippen molar-refractivity contribution in [2.75, 3.05) is 6.61 Å². The highest BCUT2D eigenvalue weighted by Gasteiger charge is 2.76. The first-order valence-corrected chi connectivity index (χ1v) is 17.8. The van der Waals surface area contributed by atoms with Gasteiger partial charge in [0, 0.05) is 12.3 Å². The molecule has 2 fully saturated rings. The summed E-state index contributed by atoms with van der Waals surface area (Å²) in [6.45, 7) is 21.3. The molecule has 5 atom stereocenters. The molecule has 198 valence electrons. The number of hydrogen-bond donors (Lipinski definition) is 2. The van der Waals surface area contributed by atoms with Gasteiger partial charge in [-0.05, 0) is 36.3 Å². The predicted molar refractivity (Wildman–Crippen MR) is 137 cm³/mol. The molecule has 10 nitrogen and oxygen atoms in total. The molecule has 0 bridgehead atoms. The minimum absolute atomic E-state index is 0.0431. The predicted octanol–water partition coefficient (Wildman–Crippen LogP) is 2.47. The molecular formula is C23H41N3O7Si2. The summed E-state index contributed by atoms with van der Waals surface area (Å²) in [6.07, 6.45) is -2.01. The van der Waals surface area contributed by atoms with Crippen LogP contribution >= 0.6 is 0 Å². The normalized spacial score (nSPS) is 29.5. The molecular weight excluding hydrogens is 486 g/mol. The standard InChI is InChI=1S/C23H41N3O7Si2/c1-21(2,3)34(7,8)30-13-14-23(16(32-23)18(24)28)17(33-35(9,10)22(4,5)6)19(31-14)26-12-11-15(27)25-20(26)29/h11-12,14,16-17,19H,13H2,1-10H3,(H2,24,28)(H,25,27,29). The number of carbonyl (C=O) groups excluding carboxylic acids is 1. The molecule has 0 aromatic carbocycles. The van der Waals surface area contributed by atoms with Crippen LogP contribution in [-0.2, 0) is 23.1 Å². The first-order valence-electron chi connectivity index (χ1n) is 12.0. The van der Waals surface area contributed by atoms with Gasteiger partial charge in [0.25, 0.3) is 5.56 Å². The molecule has 3 N–H and O–H groups in total. The number of amides is 1. The lowest BCUT2D eigenvalue weighted by molar-refractivity contribution is -0.119. The van der Waals surface area contributed by atoms with E-state index in [1.54, 1.807) is 0 Å². The number of aromatic amines is 1. The lowest BCUT2D eigenvalue weighted by Crippen LogP contribution is -2.53. The van der Waals surface area contributed by atoms with Gasteiger partial charge in [0.2, 0.25) is 5.91 Å². The summed E-state index contributed by atoms with van der Waals surface area (Å²) in [5, 5.41) is -0.208. The topological polar surface area (TPSA) is 138 Å². The fourth-order valence-electron chi connectivity index (χ4n) is 3.82. The SMILES string of the molecule is CC(C)(C)[Si](C)(C)OCC1OC(n2ccc(=O)[nH]c2=O)C(O[Si](C)(C)C(C)(C)C)C12OC2C(N)=O. The summed E-state index contributed by atoms with van der Waals surface area (Å²) in [5.74, 6) is -0.621. The van der Waals surface area contributed by atoms with Crippen LogP contribution in [0.15, 0.2) is 21.9 Å². The van der Waals surface area contributed by atoms with Crippen molar-refractivity contribution in [3.63, 3.8) is 0 Å². The van der Waals surface area contributed by atoms with Crippen molar-refractivity contribution in [1.82, 2.24) is 9.55 Å². The Hall–Kier alpha value is -1.58. The van der Waals surface area contributed by atoms with Crippen molar-refractivity contribution in [1.29, 1.82) is 0 Å². The smallest absolute Gasteiger partial charge is 0.330 e. The highest BCUT2D eigenvalue weighted by atomic mass is 28.4. The number of hydrogen-bond acceptors (Lipinski definition) is 7. The zero-order valence-electron chi connectivity index (χ0n) is 22.6. The van der Waals surface area contributed by atoms with E-state index < -0.39 is 63.9 Å². The highest BCUT2D eigenvalue weighted by molar-refractivity contribution is 6.74. The van der Waals surface area contributed by atoms with E-state index in [0.717, 1.165) is 0 Å². The Morgan fingerprint density at radius 3 is 2.14 bits per heavy atom. The molecule has 35 heavy (non-hydrogen) atoms. The maximum absolute atomic E-state index is 12.8. The largest absolute Gasteiger partial charge is 0.414 e. The van der Waals surface area contributed by atoms with Gasteiger partial charge in [-0.3, -0.25) is 19.1 Å². The Kier molecular flexibility index (Phi) is 7.02. The van der Waals surface area contributed by atoms with E-state index in [1.165, 1.54) is 16.8 Å². The van der Waals surface area contributed by atoms with Gasteiger partial charge in [0.15, 0.2) is 34.6 Å². The minimum Gasteiger partial charge on any atom is -0.414 e. The number of epoxide rings is 1. The van der Waals surface area contributed by atoms with Crippen LogP contribution in [-0.4, -0.2) is 62.6 Å². The fraction of sp³-hybridized carbons (Fsp3) is 0.783. The molecule has 1 aromatic rings. The summed E-state index contributed by atoms with van der Waals surface area (Å²) in [5.41, 5.74) is 3.36. The van der Waals surface area contributed by atoms with Crippen molar-refractivity contribution >= 4 is 22.5 Å². The number of primary amides is 1. The van der Waals surface area contributed by atoms with Gasteiger partial charge < -0.3 is 24.1 Å². The van der Waals surface area contributed by atoms with E-state index in [-0.39, 0.29) is 16.7 Å². The molecule has 3 rings (SSSR count). The lowest BCUT2D eigenvalue weighted by atomic mass is 9.93. The van der Waals surface area contributed by atoms with Crippen LogP contribution in [0, 0.1) is 0 Å². The van der Waals surface area contributed by atoms with E-state index in [9.17, 15) is 14.4 Å². The monoisotopic (exact) mass is 527 g/mol. The van der Waals surface area contributed by atoms with Crippen LogP contribution in [0.5, 0.6) is 0 Å². The molecule has 5 unspecified atom stereocenters. The maximum Gasteiger partial charge on any atom is 0.330 e. The number of nitrogens with zero attached hydrogens (tertiary/aromatic N) is 1. The lowest BCUT2D eigenvalue weighted by Gasteiger charge is -2.40. The van der Waals surface area contributed by atoms with Crippen molar-refractivity contribution in [3.8, 4) is 0 Å². The number of ether oxygens (including phenoxy) is 2. The van der Waals surface area contributed by atoms with Gasteiger partial charge >= 0.3 is 5.69 Å². The molecule has 0 aliphatic carbocycles. The zero-order valence-corrected chi connectivity index (χ0v) is 24.6. The van der Waals surface area contributed by atoms with Crippen LogP contribution < -0.4 is 17.0 Å². The van der Waals surface area contributed by atoms with E-state index in [0.29, 0.717) is 0 Å². The van der Waals surface area contributed by atoms with Crippen molar-refractivity contribution in [2.45, 2.75) is 108 Å². The molecule has 1 aromatic heterocycles. The third-order valence-electron chi connectivity index (χ3n) is 8.20. The Bertz CT molecular complexity index is 1090. The van der Waals surface area contributed by atoms with E-state index in [4.69, 9.17) is 24.1 Å². The Labute approximate surface area is 208 Å². The van der Waals surface area contributed by atoms with Gasteiger partial charge in [0.05, 0.1) is 6.61 Å². The van der Waals surface area contributed by atoms with Crippen molar-refractivity contribution in [3.05, 3.63) is 33.1 Å². The van der Waals surface area contributed by atoms with Crippen molar-refractivity contribution in [2.24, 2.45) is 5.73 Å². The zero-order chi connectivity index (χ0) is 26.8. The Morgan fingerprint density at radius 1 is 1.11 bits per heavy atom. The third kappa shape index (κ3) is 5.01. The number of nitrogens with one attached hydrogen (secondary N) is 1. The van der Waals surface area contributed by atoms with Gasteiger partial charge in [-0.25, -0.2) is 4.79 Å². The fourth-order valence-corrected chi connectivity index (χ4v) is 6.11. The average Bonchev–Trinajstić information content (AvgIpc) is 3.35. The van der Waals surface area contributed by atoms with Crippen LogP contribution in [0.25, 0.3) is 0 Å². The first-order chi connectivity index (χ1) is 15.7. The Balaban J connectivity index is 2.08. The summed E-state index contributed by atoms with van der Waals surface area (Å²) in [6, 6.07) is 1.25. The molecule has 0 radical (unpaired) electrons. The van der Waals surface area contributed by atoms with Crippen LogP contribution in [0.4, 0.5) is 0 Å². The second-order valence-electron chi connectivity index (χ2n) is 12.7. The van der Waals surface area contributed by atoms with Crippen molar-refractivity contribution < 1.29 is 23.1 Å². The number of nitrogens with two attached hydrogens (primary N) is 1. The van der Waals surface area contributed by atoms with Gasteiger partial charge in [-0.1, -0.05) is 41.5 Å². The third-order valence-corrected chi connectivity index (χ3v) is 17.2. The number of rotatable bonds is 7.